The smallest absolute Gasteiger partial charge is 0.333 e. The number of halogens is 1. The fraction of sp³-hybridized carbons (Fsp3) is 0.471. The molecule has 0 bridgehead atoms. The Morgan fingerprint density at radius 2 is 2.05 bits per heavy atom. The van der Waals surface area contributed by atoms with Crippen LogP contribution in [0.15, 0.2) is 42.0 Å². The molecule has 114 valence electrons. The van der Waals surface area contributed by atoms with Gasteiger partial charge in [-0.15, -0.1) is 0 Å². The molecule has 0 unspecified atom stereocenters. The summed E-state index contributed by atoms with van der Waals surface area (Å²) in [4.78, 5) is 11.6. The van der Waals surface area contributed by atoms with Gasteiger partial charge in [-0.05, 0) is 29.7 Å². The van der Waals surface area contributed by atoms with Gasteiger partial charge in [-0.1, -0.05) is 50.3 Å². The van der Waals surface area contributed by atoms with E-state index in [0.29, 0.717) is 25.5 Å². The third-order valence-electron chi connectivity index (χ3n) is 3.51. The van der Waals surface area contributed by atoms with Gasteiger partial charge < -0.3 is 4.74 Å². The number of nitrogens with zero attached hydrogens (tertiary/aromatic N) is 1. The van der Waals surface area contributed by atoms with Crippen molar-refractivity contribution < 1.29 is 9.53 Å². The van der Waals surface area contributed by atoms with E-state index in [0.717, 1.165) is 17.6 Å². The van der Waals surface area contributed by atoms with Gasteiger partial charge in [-0.3, -0.25) is 0 Å². The fourth-order valence-corrected chi connectivity index (χ4v) is 2.73. The number of carbonyl (C=O) groups is 1. The quantitative estimate of drug-likeness (QED) is 0.453. The maximum atomic E-state index is 11.6. The molecule has 0 radical (unpaired) electrons. The van der Waals surface area contributed by atoms with Crippen LogP contribution in [0.1, 0.15) is 32.3 Å². The lowest BCUT2D eigenvalue weighted by Crippen LogP contribution is -2.27. The topological polar surface area (TPSA) is 29.5 Å². The summed E-state index contributed by atoms with van der Waals surface area (Å²) in [5.41, 5.74) is 1.91. The summed E-state index contributed by atoms with van der Waals surface area (Å²) in [6, 6.07) is 10.1. The monoisotopic (exact) mass is 307 g/mol. The zero-order valence-corrected chi connectivity index (χ0v) is 13.3. The molecule has 1 aromatic carbocycles. The summed E-state index contributed by atoms with van der Waals surface area (Å²) in [6.07, 6.45) is 3.57. The number of rotatable bonds is 6. The highest BCUT2D eigenvalue weighted by Crippen LogP contribution is 2.22. The maximum Gasteiger partial charge on any atom is 0.333 e. The lowest BCUT2D eigenvalue weighted by Gasteiger charge is -2.25. The molecular weight excluding hydrogens is 286 g/mol. The number of hydrogen-bond donors (Lipinski definition) is 0. The summed E-state index contributed by atoms with van der Waals surface area (Å²) >= 11 is 6.49. The summed E-state index contributed by atoms with van der Waals surface area (Å²) in [5.74, 6) is 0.301. The van der Waals surface area contributed by atoms with Crippen LogP contribution in [-0.2, 0) is 16.1 Å². The maximum absolute atomic E-state index is 11.6. The van der Waals surface area contributed by atoms with E-state index in [4.69, 9.17) is 16.5 Å². The van der Waals surface area contributed by atoms with Gasteiger partial charge in [0.2, 0.25) is 0 Å². The summed E-state index contributed by atoms with van der Waals surface area (Å²) in [7, 11) is 0. The minimum absolute atomic E-state index is 0.0347. The molecule has 1 aliphatic rings. The summed E-state index contributed by atoms with van der Waals surface area (Å²) in [6.45, 7) is 5.45. The zero-order valence-electron chi connectivity index (χ0n) is 12.6. The van der Waals surface area contributed by atoms with Crippen molar-refractivity contribution in [3.05, 3.63) is 47.5 Å². The van der Waals surface area contributed by atoms with E-state index in [2.05, 4.69) is 26.0 Å². The molecule has 0 N–H and O–H groups in total. The summed E-state index contributed by atoms with van der Waals surface area (Å²) < 4.78 is 6.79. The number of carbonyl (C=O) groups excluding carboxylic acids is 1. The van der Waals surface area contributed by atoms with Crippen LogP contribution in [-0.4, -0.2) is 23.0 Å². The predicted octanol–water partition coefficient (Wildman–Crippen LogP) is 3.93. The number of hydrogen-bond acceptors (Lipinski definition) is 3. The van der Waals surface area contributed by atoms with Crippen LogP contribution in [0.5, 0.6) is 0 Å². The van der Waals surface area contributed by atoms with Crippen molar-refractivity contribution in [1.82, 2.24) is 4.42 Å². The second-order valence-corrected chi connectivity index (χ2v) is 6.25. The standard InChI is InChI=1S/C17H22ClNO2/c1-13(2)10-16(11-15-8-9-21-17(15)20)19(18)12-14-6-4-3-5-7-14/h3-7,11,13,16H,8-10,12H2,1-2H3/b15-11+/t16-/m0/s1. The number of ether oxygens (including phenoxy) is 1. The molecule has 4 heteroatoms. The molecule has 0 aliphatic carbocycles. The summed E-state index contributed by atoms with van der Waals surface area (Å²) in [5, 5.41) is 0. The lowest BCUT2D eigenvalue weighted by molar-refractivity contribution is -0.135. The fourth-order valence-electron chi connectivity index (χ4n) is 2.45. The van der Waals surface area contributed by atoms with Crippen molar-refractivity contribution in [2.75, 3.05) is 6.61 Å². The molecule has 1 aromatic rings. The average Bonchev–Trinajstić information content (AvgIpc) is 2.84. The highest BCUT2D eigenvalue weighted by molar-refractivity contribution is 6.13. The van der Waals surface area contributed by atoms with E-state index in [-0.39, 0.29) is 12.0 Å². The van der Waals surface area contributed by atoms with Gasteiger partial charge in [-0.2, -0.15) is 0 Å². The Labute approximate surface area is 131 Å². The first kappa shape index (κ1) is 16.1. The van der Waals surface area contributed by atoms with E-state index in [9.17, 15) is 4.79 Å². The van der Waals surface area contributed by atoms with E-state index < -0.39 is 0 Å². The molecule has 0 saturated carbocycles. The van der Waals surface area contributed by atoms with Crippen LogP contribution in [0.25, 0.3) is 0 Å². The Morgan fingerprint density at radius 3 is 2.62 bits per heavy atom. The molecular formula is C17H22ClNO2. The largest absolute Gasteiger partial charge is 0.462 e. The Morgan fingerprint density at radius 1 is 1.33 bits per heavy atom. The first-order valence-electron chi connectivity index (χ1n) is 7.40. The molecule has 3 nitrogen and oxygen atoms in total. The Kier molecular flexibility index (Phi) is 5.83. The molecule has 1 atom stereocenters. The van der Waals surface area contributed by atoms with Crippen LogP contribution in [0.4, 0.5) is 0 Å². The Balaban J connectivity index is 2.09. The van der Waals surface area contributed by atoms with Crippen molar-refractivity contribution in [1.29, 1.82) is 0 Å². The molecule has 1 saturated heterocycles. The normalized spacial score (nSPS) is 18.5. The third kappa shape index (κ3) is 4.87. The van der Waals surface area contributed by atoms with Crippen molar-refractivity contribution >= 4 is 17.7 Å². The highest BCUT2D eigenvalue weighted by Gasteiger charge is 2.23. The molecule has 1 heterocycles. The van der Waals surface area contributed by atoms with E-state index in [1.54, 1.807) is 4.42 Å². The SMILES string of the molecule is CC(C)C[C@@H](/C=C1\CCOC1=O)N(Cl)Cc1ccccc1. The van der Waals surface area contributed by atoms with Crippen molar-refractivity contribution in [2.45, 2.75) is 39.3 Å². The van der Waals surface area contributed by atoms with Crippen LogP contribution in [0, 0.1) is 5.92 Å². The van der Waals surface area contributed by atoms with Crippen LogP contribution in [0.3, 0.4) is 0 Å². The first-order valence-corrected chi connectivity index (χ1v) is 7.74. The van der Waals surface area contributed by atoms with Crippen molar-refractivity contribution in [2.24, 2.45) is 5.92 Å². The third-order valence-corrected chi connectivity index (χ3v) is 3.88. The molecule has 2 rings (SSSR count). The molecule has 0 amide bonds. The van der Waals surface area contributed by atoms with Gasteiger partial charge in [0.25, 0.3) is 0 Å². The minimum Gasteiger partial charge on any atom is -0.462 e. The molecule has 0 aromatic heterocycles. The Hall–Kier alpha value is -1.32. The Bertz CT molecular complexity index is 499. The zero-order chi connectivity index (χ0) is 15.2. The van der Waals surface area contributed by atoms with Gasteiger partial charge in [0, 0.05) is 24.6 Å². The average molecular weight is 308 g/mol. The number of benzene rings is 1. The van der Waals surface area contributed by atoms with E-state index in [1.165, 1.54) is 0 Å². The van der Waals surface area contributed by atoms with Crippen LogP contribution < -0.4 is 0 Å². The lowest BCUT2D eigenvalue weighted by atomic mass is 10.0. The predicted molar refractivity (Wildman–Crippen MR) is 84.7 cm³/mol. The van der Waals surface area contributed by atoms with Gasteiger partial charge in [0.15, 0.2) is 0 Å². The highest BCUT2D eigenvalue weighted by atomic mass is 35.5. The molecule has 1 fully saturated rings. The van der Waals surface area contributed by atoms with Gasteiger partial charge in [0.1, 0.15) is 0 Å². The van der Waals surface area contributed by atoms with Gasteiger partial charge in [-0.25, -0.2) is 9.21 Å². The second kappa shape index (κ2) is 7.62. The molecule has 21 heavy (non-hydrogen) atoms. The van der Waals surface area contributed by atoms with Crippen molar-refractivity contribution in [3.8, 4) is 0 Å². The van der Waals surface area contributed by atoms with Crippen LogP contribution in [0.2, 0.25) is 0 Å². The van der Waals surface area contributed by atoms with Gasteiger partial charge >= 0.3 is 5.97 Å². The van der Waals surface area contributed by atoms with Crippen LogP contribution >= 0.6 is 11.8 Å². The minimum atomic E-state index is -0.200. The van der Waals surface area contributed by atoms with Crippen molar-refractivity contribution in [3.63, 3.8) is 0 Å². The second-order valence-electron chi connectivity index (χ2n) is 5.82. The number of cyclic esters (lactones) is 1. The molecule has 1 aliphatic heterocycles. The van der Waals surface area contributed by atoms with E-state index in [1.807, 2.05) is 24.3 Å². The van der Waals surface area contributed by atoms with E-state index >= 15 is 0 Å². The first-order chi connectivity index (χ1) is 10.1. The van der Waals surface area contributed by atoms with Gasteiger partial charge in [0.05, 0.1) is 6.61 Å². The molecule has 0 spiro atoms. The number of esters is 1.